The van der Waals surface area contributed by atoms with E-state index in [1.807, 2.05) is 71.0 Å². The van der Waals surface area contributed by atoms with Crippen molar-refractivity contribution in [3.63, 3.8) is 0 Å². The lowest BCUT2D eigenvalue weighted by atomic mass is 9.98. The highest BCUT2D eigenvalue weighted by Gasteiger charge is 2.49. The summed E-state index contributed by atoms with van der Waals surface area (Å²) in [5.41, 5.74) is 5.18. The van der Waals surface area contributed by atoms with Crippen molar-refractivity contribution in [2.75, 3.05) is 30.8 Å². The van der Waals surface area contributed by atoms with Crippen LogP contribution in [-0.4, -0.2) is 48.9 Å². The normalized spacial score (nSPS) is 14.5. The average Bonchev–Trinajstić information content (AvgIpc) is 2.89. The first-order chi connectivity index (χ1) is 17.5. The summed E-state index contributed by atoms with van der Waals surface area (Å²) >= 11 is 13.7. The molecule has 2 amide bonds. The minimum Gasteiger partial charge on any atom is -0.383 e. The van der Waals surface area contributed by atoms with Gasteiger partial charge in [0.25, 0.3) is 5.91 Å². The highest BCUT2D eigenvalue weighted by molar-refractivity contribution is 6.47. The number of hydroxylamine groups is 1. The molecule has 37 heavy (non-hydrogen) atoms. The highest BCUT2D eigenvalue weighted by atomic mass is 35.5. The molecule has 204 valence electrons. The van der Waals surface area contributed by atoms with Crippen molar-refractivity contribution in [2.24, 2.45) is 0 Å². The van der Waals surface area contributed by atoms with Gasteiger partial charge in [0, 0.05) is 7.11 Å². The fourth-order valence-electron chi connectivity index (χ4n) is 4.63. The fraction of sp³-hybridized carbons (Fsp3) is 0.517. The Morgan fingerprint density at radius 1 is 0.946 bits per heavy atom. The van der Waals surface area contributed by atoms with E-state index in [9.17, 15) is 9.59 Å². The zero-order valence-electron chi connectivity index (χ0n) is 23.2. The van der Waals surface area contributed by atoms with Gasteiger partial charge in [-0.15, -0.1) is 23.2 Å². The van der Waals surface area contributed by atoms with Crippen LogP contribution in [0.2, 0.25) is 0 Å². The van der Waals surface area contributed by atoms with Crippen LogP contribution < -0.4 is 9.96 Å². The largest absolute Gasteiger partial charge is 0.383 e. The molecular formula is C29H40Cl2N2O4. The number of rotatable bonds is 12. The SMILES string of the molecule is CCc1cccc(CC)c1N(OC)C(=O)C(C)(Cl)C(Cl)C(=O)N(c1c(C)cccc1CC)C(C)COC. The Labute approximate surface area is 231 Å². The molecule has 8 heteroatoms. The van der Waals surface area contributed by atoms with Gasteiger partial charge >= 0.3 is 0 Å². The van der Waals surface area contributed by atoms with E-state index in [2.05, 4.69) is 0 Å². The van der Waals surface area contributed by atoms with Crippen molar-refractivity contribution in [3.05, 3.63) is 58.7 Å². The van der Waals surface area contributed by atoms with Gasteiger partial charge in [-0.2, -0.15) is 5.06 Å². The van der Waals surface area contributed by atoms with Crippen LogP contribution in [0.3, 0.4) is 0 Å². The van der Waals surface area contributed by atoms with Gasteiger partial charge in [0.1, 0.15) is 10.3 Å². The van der Waals surface area contributed by atoms with Crippen LogP contribution in [0.1, 0.15) is 56.9 Å². The number of alkyl halides is 2. The third kappa shape index (κ3) is 6.48. The molecule has 0 radical (unpaired) electrons. The first kappa shape index (κ1) is 31.1. The molecule has 0 aliphatic carbocycles. The fourth-order valence-corrected chi connectivity index (χ4v) is 4.99. The second-order valence-corrected chi connectivity index (χ2v) is 10.5. The predicted octanol–water partition coefficient (Wildman–Crippen LogP) is 6.25. The number of hydrogen-bond donors (Lipinski definition) is 0. The number of methoxy groups -OCH3 is 1. The Balaban J connectivity index is 2.57. The van der Waals surface area contributed by atoms with E-state index in [4.69, 9.17) is 32.8 Å². The molecule has 3 atom stereocenters. The van der Waals surface area contributed by atoms with E-state index < -0.39 is 22.1 Å². The van der Waals surface area contributed by atoms with E-state index >= 15 is 0 Å². The number of carbonyl (C=O) groups excluding carboxylic acids is 2. The molecular weight excluding hydrogens is 511 g/mol. The highest BCUT2D eigenvalue weighted by Crippen LogP contribution is 2.36. The molecule has 0 heterocycles. The monoisotopic (exact) mass is 550 g/mol. The molecule has 0 saturated heterocycles. The minimum atomic E-state index is -1.80. The number of ether oxygens (including phenoxy) is 1. The van der Waals surface area contributed by atoms with Gasteiger partial charge in [-0.1, -0.05) is 57.2 Å². The van der Waals surface area contributed by atoms with Gasteiger partial charge in [-0.25, -0.2) is 0 Å². The molecule has 0 aliphatic heterocycles. The third-order valence-corrected chi connectivity index (χ3v) is 7.79. The zero-order valence-corrected chi connectivity index (χ0v) is 24.7. The van der Waals surface area contributed by atoms with Crippen LogP contribution in [0, 0.1) is 6.92 Å². The predicted molar refractivity (Wildman–Crippen MR) is 153 cm³/mol. The standard InChI is InChI=1S/C29H40Cl2N2O4/c1-9-21-15-12-14-19(4)24(21)32(20(5)18-36-7)27(34)26(30)29(6,31)28(35)33(37-8)25-22(10-2)16-13-17-23(25)11-3/h12-17,20,26H,9-11,18H2,1-8H3. The van der Waals surface area contributed by atoms with E-state index in [0.717, 1.165) is 34.4 Å². The molecule has 0 bridgehead atoms. The number of nitrogens with zero attached hydrogens (tertiary/aromatic N) is 2. The van der Waals surface area contributed by atoms with Crippen LogP contribution in [0.25, 0.3) is 0 Å². The minimum absolute atomic E-state index is 0.285. The second kappa shape index (κ2) is 13.6. The van der Waals surface area contributed by atoms with Gasteiger partial charge in [-0.05, 0) is 62.3 Å². The third-order valence-electron chi connectivity index (χ3n) is 6.68. The number of amides is 2. The second-order valence-electron chi connectivity index (χ2n) is 9.30. The molecule has 2 aromatic carbocycles. The first-order valence-electron chi connectivity index (χ1n) is 12.7. The molecule has 0 saturated carbocycles. The molecule has 3 unspecified atom stereocenters. The van der Waals surface area contributed by atoms with Crippen LogP contribution in [0.5, 0.6) is 0 Å². The van der Waals surface area contributed by atoms with E-state index in [1.165, 1.54) is 19.1 Å². The summed E-state index contributed by atoms with van der Waals surface area (Å²) in [7, 11) is 2.99. The molecule has 0 fully saturated rings. The van der Waals surface area contributed by atoms with Crippen molar-refractivity contribution in [3.8, 4) is 0 Å². The van der Waals surface area contributed by atoms with Gasteiger partial charge in [0.2, 0.25) is 5.91 Å². The molecule has 0 N–H and O–H groups in total. The van der Waals surface area contributed by atoms with Crippen molar-refractivity contribution < 1.29 is 19.2 Å². The van der Waals surface area contributed by atoms with Gasteiger partial charge in [-0.3, -0.25) is 14.4 Å². The van der Waals surface area contributed by atoms with Crippen molar-refractivity contribution >= 4 is 46.4 Å². The lowest BCUT2D eigenvalue weighted by Gasteiger charge is -2.37. The summed E-state index contributed by atoms with van der Waals surface area (Å²) in [4.78, 5) is 33.4. The summed E-state index contributed by atoms with van der Waals surface area (Å²) in [6.07, 6.45) is 2.09. The number of aryl methyl sites for hydroxylation is 4. The molecule has 2 rings (SSSR count). The number of hydrogen-bond acceptors (Lipinski definition) is 4. The van der Waals surface area contributed by atoms with Crippen LogP contribution >= 0.6 is 23.2 Å². The maximum atomic E-state index is 14.1. The van der Waals surface area contributed by atoms with Crippen molar-refractivity contribution in [1.29, 1.82) is 0 Å². The van der Waals surface area contributed by atoms with Crippen molar-refractivity contribution in [2.45, 2.75) is 77.1 Å². The Morgan fingerprint density at radius 2 is 1.43 bits per heavy atom. The first-order valence-corrected chi connectivity index (χ1v) is 13.6. The van der Waals surface area contributed by atoms with Crippen LogP contribution in [0.4, 0.5) is 11.4 Å². The molecule has 0 aromatic heterocycles. The quantitative estimate of drug-likeness (QED) is 0.231. The number of anilines is 2. The number of para-hydroxylation sites is 2. The Morgan fingerprint density at radius 3 is 1.89 bits per heavy atom. The van der Waals surface area contributed by atoms with Gasteiger partial charge < -0.3 is 9.64 Å². The average molecular weight is 552 g/mol. The van der Waals surface area contributed by atoms with Crippen molar-refractivity contribution in [1.82, 2.24) is 0 Å². The summed E-state index contributed by atoms with van der Waals surface area (Å²) in [6, 6.07) is 11.4. The topological polar surface area (TPSA) is 59.1 Å². The number of benzene rings is 2. The molecule has 6 nitrogen and oxygen atoms in total. The number of carbonyl (C=O) groups is 2. The Bertz CT molecular complexity index is 1070. The van der Waals surface area contributed by atoms with Gasteiger partial charge in [0.15, 0.2) is 0 Å². The summed E-state index contributed by atoms with van der Waals surface area (Å²) in [6.45, 7) is 11.6. The summed E-state index contributed by atoms with van der Waals surface area (Å²) in [5, 5.41) is -0.205. The Kier molecular flexibility index (Phi) is 11.4. The summed E-state index contributed by atoms with van der Waals surface area (Å²) in [5.74, 6) is -1.09. The zero-order chi connectivity index (χ0) is 27.9. The van der Waals surface area contributed by atoms with Crippen LogP contribution in [0.15, 0.2) is 36.4 Å². The molecule has 0 spiro atoms. The van der Waals surface area contributed by atoms with Gasteiger partial charge in [0.05, 0.1) is 31.1 Å². The molecule has 2 aromatic rings. The summed E-state index contributed by atoms with van der Waals surface area (Å²) < 4.78 is 5.38. The van der Waals surface area contributed by atoms with E-state index in [1.54, 1.807) is 12.0 Å². The lowest BCUT2D eigenvalue weighted by molar-refractivity contribution is -0.130. The number of halogens is 2. The maximum absolute atomic E-state index is 14.1. The lowest BCUT2D eigenvalue weighted by Crippen LogP contribution is -2.56. The van der Waals surface area contributed by atoms with E-state index in [0.29, 0.717) is 18.5 Å². The maximum Gasteiger partial charge on any atom is 0.273 e. The van der Waals surface area contributed by atoms with Crippen LogP contribution in [-0.2, 0) is 38.4 Å². The Hall–Kier alpha value is -2.12. The molecule has 0 aliphatic rings. The smallest absolute Gasteiger partial charge is 0.273 e. The van der Waals surface area contributed by atoms with E-state index in [-0.39, 0.29) is 12.6 Å².